The molecule has 0 saturated heterocycles. The Hall–Kier alpha value is -11.0. The van der Waals surface area contributed by atoms with Crippen LogP contribution < -0.4 is 0 Å². The number of hydrogen-bond acceptors (Lipinski definition) is 5. The second-order valence-electron chi connectivity index (χ2n) is 21.4. The van der Waals surface area contributed by atoms with E-state index >= 15 is 0 Å². The van der Waals surface area contributed by atoms with Crippen molar-refractivity contribution in [2.75, 3.05) is 0 Å². The zero-order valence-electron chi connectivity index (χ0n) is 48.9. The van der Waals surface area contributed by atoms with Crippen LogP contribution in [0.3, 0.4) is 0 Å². The smallest absolute Gasteiger partial charge is 0.143 e. The Kier molecular flexibility index (Phi) is 16.5. The monoisotopic (exact) mass is 1110 g/mol. The molecule has 0 spiro atoms. The van der Waals surface area contributed by atoms with Crippen molar-refractivity contribution in [3.63, 3.8) is 0 Å². The van der Waals surface area contributed by atoms with Gasteiger partial charge < -0.3 is 8.98 Å². The van der Waals surface area contributed by atoms with Gasteiger partial charge >= 0.3 is 0 Å². The van der Waals surface area contributed by atoms with E-state index < -0.39 is 0 Å². The molecule has 9 aromatic carbocycles. The lowest BCUT2D eigenvalue weighted by Crippen LogP contribution is -1.97. The van der Waals surface area contributed by atoms with Gasteiger partial charge in [-0.15, -0.1) is 0 Å². The Morgan fingerprint density at radius 2 is 0.744 bits per heavy atom. The number of rotatable bonds is 5. The summed E-state index contributed by atoms with van der Waals surface area (Å²) in [5.74, 6) is 0.974. The van der Waals surface area contributed by atoms with E-state index in [4.69, 9.17) is 4.42 Å². The molecular weight excluding hydrogens is 1050 g/mol. The zero-order chi connectivity index (χ0) is 58.8. The van der Waals surface area contributed by atoms with Crippen LogP contribution in [0.5, 0.6) is 0 Å². The molecule has 0 aliphatic rings. The number of hydrogen-bond donors (Lipinski definition) is 0. The molecule has 86 heavy (non-hydrogen) atoms. The van der Waals surface area contributed by atoms with Gasteiger partial charge in [0.15, 0.2) is 0 Å². The number of furan rings is 1. The van der Waals surface area contributed by atoms with Crippen molar-refractivity contribution >= 4 is 65.6 Å². The van der Waals surface area contributed by atoms with Gasteiger partial charge in [0.25, 0.3) is 0 Å². The minimum absolute atomic E-state index is 0.947. The molecule has 7 heterocycles. The first-order valence-corrected chi connectivity index (χ1v) is 29.0. The first kappa shape index (κ1) is 55.5. The van der Waals surface area contributed by atoms with Crippen molar-refractivity contribution in [3.8, 4) is 45.0 Å². The van der Waals surface area contributed by atoms with Gasteiger partial charge in [0, 0.05) is 85.3 Å². The van der Waals surface area contributed by atoms with Crippen molar-refractivity contribution in [2.45, 2.75) is 34.6 Å². The first-order chi connectivity index (χ1) is 42.2. The summed E-state index contributed by atoms with van der Waals surface area (Å²) in [6, 6.07) is 94.5. The lowest BCUT2D eigenvalue weighted by molar-refractivity contribution is 0.670. The Morgan fingerprint density at radius 1 is 0.302 bits per heavy atom. The minimum atomic E-state index is 0.947. The number of aryl methyl sites for hydroxylation is 5. The van der Waals surface area contributed by atoms with Crippen molar-refractivity contribution in [1.82, 2.24) is 29.1 Å². The summed E-state index contributed by atoms with van der Waals surface area (Å²) in [5.41, 5.74) is 20.9. The molecule has 7 aromatic heterocycles. The molecule has 0 atom stereocenters. The van der Waals surface area contributed by atoms with Crippen molar-refractivity contribution in [1.29, 1.82) is 0 Å². The molecule has 0 aliphatic carbocycles. The summed E-state index contributed by atoms with van der Waals surface area (Å²) in [6.45, 7) is 10.4. The van der Waals surface area contributed by atoms with E-state index in [1.807, 2.05) is 86.9 Å². The molecule has 0 fully saturated rings. The summed E-state index contributed by atoms with van der Waals surface area (Å²) in [5, 5.41) is 7.52. The third-order valence-corrected chi connectivity index (χ3v) is 15.2. The van der Waals surface area contributed by atoms with E-state index in [0.29, 0.717) is 0 Å². The quantitative estimate of drug-likeness (QED) is 0.172. The van der Waals surface area contributed by atoms with E-state index in [2.05, 4.69) is 262 Å². The maximum atomic E-state index is 6.08. The highest BCUT2D eigenvalue weighted by molar-refractivity contribution is 6.11. The Balaban J connectivity index is 0.000000107. The second-order valence-corrected chi connectivity index (χ2v) is 21.4. The van der Waals surface area contributed by atoms with Crippen molar-refractivity contribution in [2.24, 2.45) is 0 Å². The van der Waals surface area contributed by atoms with Crippen LogP contribution in [0.1, 0.15) is 28.1 Å². The predicted molar refractivity (Wildman–Crippen MR) is 359 cm³/mol. The average molecular weight is 1110 g/mol. The standard InChI is InChI=1S/C19H15N.C19H14O.C18H14N2.C12H11N.C11H10N2/c1-14-7-6-8-15(13-14)20-18-11-4-2-9-16(18)17-10-3-5-12-19(17)20;1-13-6-4-7-14(12-13)15-9-5-10-17-16-8-2-3-11-18(16)20-19(15)17;1-13-7-6-12-18(19-13)20-16-10-4-2-8-14(16)15-9-3-5-11-17(15)20;1-10-3-2-4-12(9-10)11-5-7-13-8-6-11;1-9-3-2-4-11(13-9)10-5-7-12-8-6-10/h2-13H,1H3;2*2-12H,1H3;2-9H,1H3;2-8H,1H3. The molecule has 0 saturated carbocycles. The summed E-state index contributed by atoms with van der Waals surface area (Å²) < 4.78 is 10.7. The van der Waals surface area contributed by atoms with Gasteiger partial charge in [-0.05, 0) is 148 Å². The maximum absolute atomic E-state index is 6.08. The van der Waals surface area contributed by atoms with E-state index in [-0.39, 0.29) is 0 Å². The van der Waals surface area contributed by atoms with E-state index in [1.165, 1.54) is 93.5 Å². The highest BCUT2D eigenvalue weighted by Gasteiger charge is 2.14. The fourth-order valence-electron chi connectivity index (χ4n) is 11.2. The summed E-state index contributed by atoms with van der Waals surface area (Å²) in [7, 11) is 0. The van der Waals surface area contributed by atoms with Crippen molar-refractivity contribution in [3.05, 3.63) is 326 Å². The summed E-state index contributed by atoms with van der Waals surface area (Å²) in [4.78, 5) is 17.1. The summed E-state index contributed by atoms with van der Waals surface area (Å²) >= 11 is 0. The van der Waals surface area contributed by atoms with Gasteiger partial charge in [0.2, 0.25) is 0 Å². The van der Waals surface area contributed by atoms with Crippen LogP contribution in [0.2, 0.25) is 0 Å². The van der Waals surface area contributed by atoms with Crippen LogP contribution in [0.4, 0.5) is 0 Å². The number of benzene rings is 9. The molecule has 0 aliphatic heterocycles. The molecular formula is C79H64N6O. The van der Waals surface area contributed by atoms with Gasteiger partial charge in [0.05, 0.1) is 27.8 Å². The predicted octanol–water partition coefficient (Wildman–Crippen LogP) is 20.6. The van der Waals surface area contributed by atoms with Crippen LogP contribution >= 0.6 is 0 Å². The van der Waals surface area contributed by atoms with Crippen molar-refractivity contribution < 1.29 is 4.42 Å². The second kappa shape index (κ2) is 25.6. The van der Waals surface area contributed by atoms with Crippen LogP contribution in [0.15, 0.2) is 302 Å². The topological polar surface area (TPSA) is 74.6 Å². The lowest BCUT2D eigenvalue weighted by Gasteiger charge is -2.08. The van der Waals surface area contributed by atoms with E-state index in [1.54, 1.807) is 12.4 Å². The zero-order valence-corrected chi connectivity index (χ0v) is 48.9. The fraction of sp³-hybridized carbons (Fsp3) is 0.0633. The number of fused-ring (bicyclic) bond motifs is 9. The molecule has 7 nitrogen and oxygen atoms in total. The van der Waals surface area contributed by atoms with E-state index in [0.717, 1.165) is 45.2 Å². The molecule has 0 N–H and O–H groups in total. The average Bonchev–Trinajstić information content (AvgIpc) is 1.79. The SMILES string of the molecule is Cc1cccc(-c2cccc3c2oc2ccccc23)c1.Cc1cccc(-c2ccncc2)c1.Cc1cccc(-c2ccncc2)n1.Cc1cccc(-n2c3ccccc3c3ccccc32)c1.Cc1cccc(-n2c3ccccc3c3ccccc32)n1. The maximum Gasteiger partial charge on any atom is 0.143 e. The highest BCUT2D eigenvalue weighted by Crippen LogP contribution is 2.37. The number of pyridine rings is 4. The number of nitrogens with zero attached hydrogens (tertiary/aromatic N) is 6. The molecule has 7 heteroatoms. The number of para-hydroxylation sites is 6. The first-order valence-electron chi connectivity index (χ1n) is 29.0. The molecule has 0 amide bonds. The van der Waals surface area contributed by atoms with E-state index in [9.17, 15) is 0 Å². The third-order valence-electron chi connectivity index (χ3n) is 15.2. The van der Waals surface area contributed by atoms with Gasteiger partial charge in [-0.25, -0.2) is 4.98 Å². The van der Waals surface area contributed by atoms with Crippen LogP contribution in [-0.4, -0.2) is 29.1 Å². The molecule has 416 valence electrons. The highest BCUT2D eigenvalue weighted by atomic mass is 16.3. The Morgan fingerprint density at radius 3 is 1.30 bits per heavy atom. The third kappa shape index (κ3) is 12.2. The van der Waals surface area contributed by atoms with Gasteiger partial charge in [-0.3, -0.25) is 19.5 Å². The molecule has 0 unspecified atom stereocenters. The largest absolute Gasteiger partial charge is 0.455 e. The molecule has 0 radical (unpaired) electrons. The lowest BCUT2D eigenvalue weighted by atomic mass is 10.0. The fourth-order valence-corrected chi connectivity index (χ4v) is 11.2. The van der Waals surface area contributed by atoms with Gasteiger partial charge in [0.1, 0.15) is 17.0 Å². The summed E-state index contributed by atoms with van der Waals surface area (Å²) in [6.07, 6.45) is 7.19. The van der Waals surface area contributed by atoms with Crippen LogP contribution in [-0.2, 0) is 0 Å². The van der Waals surface area contributed by atoms with Gasteiger partial charge in [-0.2, -0.15) is 0 Å². The number of aromatic nitrogens is 6. The molecule has 16 rings (SSSR count). The molecule has 16 aromatic rings. The Bertz CT molecular complexity index is 4610. The van der Waals surface area contributed by atoms with Crippen LogP contribution in [0, 0.1) is 34.6 Å². The normalized spacial score (nSPS) is 10.8. The minimum Gasteiger partial charge on any atom is -0.455 e. The van der Waals surface area contributed by atoms with Gasteiger partial charge in [-0.1, -0.05) is 193 Å². The molecule has 0 bridgehead atoms. The van der Waals surface area contributed by atoms with Crippen LogP contribution in [0.25, 0.3) is 111 Å². The Labute approximate surface area is 501 Å².